The van der Waals surface area contributed by atoms with Gasteiger partial charge in [0.05, 0.1) is 9.68 Å². The van der Waals surface area contributed by atoms with Gasteiger partial charge in [-0.25, -0.2) is 0 Å². The summed E-state index contributed by atoms with van der Waals surface area (Å²) < 4.78 is 0. The zero-order valence-corrected chi connectivity index (χ0v) is 5.59. The third-order valence-corrected chi connectivity index (χ3v) is 2.19. The highest BCUT2D eigenvalue weighted by molar-refractivity contribution is 6.35. The second kappa shape index (κ2) is 2.09. The first-order valence-corrected chi connectivity index (χ1v) is 4.12. The highest BCUT2D eigenvalue weighted by Gasteiger charge is 1.97. The van der Waals surface area contributed by atoms with E-state index < -0.39 is 0 Å². The number of hydrogen-bond acceptors (Lipinski definition) is 1. The van der Waals surface area contributed by atoms with Crippen molar-refractivity contribution >= 4 is 9.68 Å². The van der Waals surface area contributed by atoms with Gasteiger partial charge >= 0.3 is 0 Å². The van der Waals surface area contributed by atoms with Gasteiger partial charge in [-0.2, -0.15) is 0 Å². The van der Waals surface area contributed by atoms with E-state index in [1.165, 1.54) is 0 Å². The first-order valence-electron chi connectivity index (χ1n) is 2.48. The van der Waals surface area contributed by atoms with Crippen LogP contribution in [-0.4, -0.2) is 9.68 Å². The summed E-state index contributed by atoms with van der Waals surface area (Å²) >= 11 is 0. The quantitative estimate of drug-likeness (QED) is 0.471. The van der Waals surface area contributed by atoms with E-state index in [-0.39, 0.29) is 9.68 Å². The Bertz CT molecular complexity index is 94.6. The Hall–Kier alpha value is -0.343. The van der Waals surface area contributed by atoms with Gasteiger partial charge in [-0.05, 0) is 5.54 Å². The molecule has 1 aliphatic carbocycles. The Balaban J connectivity index is 2.44. The maximum atomic E-state index is 5.47. The van der Waals surface area contributed by atoms with Crippen molar-refractivity contribution in [2.45, 2.75) is 5.54 Å². The Labute approximate surface area is 45.8 Å². The molecular weight excluding hydrogens is 102 g/mol. The molecule has 0 unspecified atom stereocenters. The average molecular weight is 111 g/mol. The molecule has 0 radical (unpaired) electrons. The lowest BCUT2D eigenvalue weighted by Crippen LogP contribution is -2.08. The summed E-state index contributed by atoms with van der Waals surface area (Å²) in [6, 6.07) is 0. The molecule has 0 aromatic carbocycles. The molecule has 0 aliphatic heterocycles. The van der Waals surface area contributed by atoms with E-state index in [1.54, 1.807) is 0 Å². The monoisotopic (exact) mass is 111 g/mol. The Morgan fingerprint density at radius 3 is 2.14 bits per heavy atom. The molecule has 0 fully saturated rings. The molecule has 1 nitrogen and oxygen atoms in total. The highest BCUT2D eigenvalue weighted by Crippen LogP contribution is 2.10. The number of allylic oxidation sites excluding steroid dienone is 4. The third kappa shape index (κ3) is 1.01. The highest BCUT2D eigenvalue weighted by atomic mass is 28.2. The van der Waals surface area contributed by atoms with Gasteiger partial charge in [-0.15, -0.1) is 0 Å². The van der Waals surface area contributed by atoms with Gasteiger partial charge in [-0.3, -0.25) is 0 Å². The van der Waals surface area contributed by atoms with Crippen LogP contribution in [0, 0.1) is 0 Å². The molecule has 0 aromatic rings. The molecular formula is C5H9NSi. The summed E-state index contributed by atoms with van der Waals surface area (Å²) in [6.45, 7) is 0. The van der Waals surface area contributed by atoms with Crippen molar-refractivity contribution in [3.05, 3.63) is 24.3 Å². The lowest BCUT2D eigenvalue weighted by molar-refractivity contribution is 1.38. The normalized spacial score (nSPS) is 20.7. The summed E-state index contributed by atoms with van der Waals surface area (Å²) in [5, 5.41) is 5.47. The molecule has 0 saturated heterocycles. The molecule has 0 spiro atoms. The van der Waals surface area contributed by atoms with Crippen LogP contribution < -0.4 is 5.40 Å². The number of rotatable bonds is 1. The van der Waals surface area contributed by atoms with E-state index in [1.807, 2.05) is 0 Å². The molecule has 7 heavy (non-hydrogen) atoms. The van der Waals surface area contributed by atoms with E-state index in [4.69, 9.17) is 5.40 Å². The summed E-state index contributed by atoms with van der Waals surface area (Å²) in [5.74, 6) is 0. The molecule has 38 valence electrons. The van der Waals surface area contributed by atoms with Crippen LogP contribution in [0.4, 0.5) is 0 Å². The zero-order valence-electron chi connectivity index (χ0n) is 4.17. The first-order chi connectivity index (χ1) is 3.43. The molecule has 1 rings (SSSR count). The van der Waals surface area contributed by atoms with Gasteiger partial charge < -0.3 is 5.40 Å². The maximum Gasteiger partial charge on any atom is 0.0996 e. The van der Waals surface area contributed by atoms with Crippen LogP contribution in [-0.2, 0) is 0 Å². The largest absolute Gasteiger partial charge is 0.355 e. The fourth-order valence-electron chi connectivity index (χ4n) is 0.635. The minimum Gasteiger partial charge on any atom is -0.355 e. The third-order valence-electron chi connectivity index (χ3n) is 1.10. The Morgan fingerprint density at radius 2 is 1.86 bits per heavy atom. The topological polar surface area (TPSA) is 26.0 Å². The van der Waals surface area contributed by atoms with Crippen LogP contribution in [0.3, 0.4) is 0 Å². The predicted octanol–water partition coefficient (Wildman–Crippen LogP) is -0.0566. The molecule has 0 amide bonds. The fraction of sp³-hybridized carbons (Fsp3) is 0.200. The van der Waals surface area contributed by atoms with Crippen LogP contribution in [0.5, 0.6) is 0 Å². The first kappa shape index (κ1) is 4.81. The predicted molar refractivity (Wildman–Crippen MR) is 34.8 cm³/mol. The van der Waals surface area contributed by atoms with Crippen LogP contribution in [0.15, 0.2) is 24.3 Å². The van der Waals surface area contributed by atoms with Crippen molar-refractivity contribution in [3.8, 4) is 0 Å². The maximum absolute atomic E-state index is 5.47. The van der Waals surface area contributed by atoms with E-state index in [0.717, 1.165) is 0 Å². The van der Waals surface area contributed by atoms with Crippen molar-refractivity contribution < 1.29 is 0 Å². The van der Waals surface area contributed by atoms with E-state index >= 15 is 0 Å². The van der Waals surface area contributed by atoms with Crippen LogP contribution in [0.25, 0.3) is 0 Å². The zero-order chi connectivity index (χ0) is 5.11. The van der Waals surface area contributed by atoms with Crippen molar-refractivity contribution in [2.75, 3.05) is 0 Å². The van der Waals surface area contributed by atoms with Gasteiger partial charge in [0.25, 0.3) is 0 Å². The molecule has 2 heteroatoms. The second-order valence-corrected chi connectivity index (χ2v) is 3.08. The van der Waals surface area contributed by atoms with Gasteiger partial charge in [0.1, 0.15) is 0 Å². The second-order valence-electron chi connectivity index (χ2n) is 1.67. The van der Waals surface area contributed by atoms with E-state index in [2.05, 4.69) is 24.3 Å². The van der Waals surface area contributed by atoms with Crippen molar-refractivity contribution in [2.24, 2.45) is 5.40 Å². The number of hydrogen-bond donors (Lipinski definition) is 1. The minimum atomic E-state index is -0.283. The summed E-state index contributed by atoms with van der Waals surface area (Å²) in [6.07, 6.45) is 8.44. The smallest absolute Gasteiger partial charge is 0.0996 e. The van der Waals surface area contributed by atoms with Gasteiger partial charge in [0.2, 0.25) is 0 Å². The van der Waals surface area contributed by atoms with E-state index in [9.17, 15) is 0 Å². The van der Waals surface area contributed by atoms with Crippen molar-refractivity contribution in [1.82, 2.24) is 0 Å². The Morgan fingerprint density at radius 1 is 1.29 bits per heavy atom. The van der Waals surface area contributed by atoms with Crippen LogP contribution >= 0.6 is 0 Å². The van der Waals surface area contributed by atoms with Crippen molar-refractivity contribution in [1.29, 1.82) is 0 Å². The summed E-state index contributed by atoms with van der Waals surface area (Å²) in [5.41, 5.74) is 0.653. The molecule has 0 atom stereocenters. The molecule has 0 aromatic heterocycles. The standard InChI is InChI=1S/C5H9NSi/c6-7-5-3-1-2-4-5/h1-5H,6-7H2. The minimum absolute atomic E-state index is 0.283. The van der Waals surface area contributed by atoms with Gasteiger partial charge in [0, 0.05) is 0 Å². The Kier molecular flexibility index (Phi) is 1.44. The average Bonchev–Trinajstić information content (AvgIpc) is 2.14. The van der Waals surface area contributed by atoms with Gasteiger partial charge in [0.15, 0.2) is 0 Å². The molecule has 0 saturated carbocycles. The summed E-state index contributed by atoms with van der Waals surface area (Å²) in [7, 11) is -0.283. The number of nitrogens with two attached hydrogens (primary N) is 1. The lowest BCUT2D eigenvalue weighted by atomic mass is 10.5. The van der Waals surface area contributed by atoms with E-state index in [0.29, 0.717) is 5.54 Å². The lowest BCUT2D eigenvalue weighted by Gasteiger charge is -1.92. The fourth-order valence-corrected chi connectivity index (χ4v) is 1.26. The molecule has 0 heterocycles. The molecule has 1 aliphatic rings. The molecule has 2 N–H and O–H groups in total. The summed E-state index contributed by atoms with van der Waals surface area (Å²) in [4.78, 5) is 0. The van der Waals surface area contributed by atoms with Crippen molar-refractivity contribution in [3.63, 3.8) is 0 Å². The SMILES string of the molecule is N[SiH2]C1C=CC=C1. The van der Waals surface area contributed by atoms with Crippen LogP contribution in [0.2, 0.25) is 5.54 Å². The molecule has 0 bridgehead atoms. The van der Waals surface area contributed by atoms with Crippen LogP contribution in [0.1, 0.15) is 0 Å². The van der Waals surface area contributed by atoms with Gasteiger partial charge in [-0.1, -0.05) is 24.3 Å².